The van der Waals surface area contributed by atoms with Crippen LogP contribution in [0, 0.1) is 0 Å². The third-order valence-electron chi connectivity index (χ3n) is 20.8. The van der Waals surface area contributed by atoms with E-state index in [0.717, 1.165) is 17.2 Å². The minimum Gasteiger partial charge on any atom is -0.435 e. The standard InChI is InChI=1S/C31H22NO.C27H20NO.C23H18NO/c1-31(2)25-14-21-13-19-8-3-4-9-20(19)15-26(21)32-17-33-27-16-24-22-10-6-5-7-18(22)11-12-23(24)29(31)28(27)30(25)32;1-27(2)21-13-17-8-4-6-10-22(17)28-15-29-23-14-20-18-9-5-3-7-16(18)11-12-19(20)25(27)24(23)26(21)28;1-23(2)18-8-5-11-24-13-25-19-12-17-15-7-4-3-6-14(15)9-10-16(17)21(23)20(19)22(18)24/h3-16H,17H2,1-2H3;3-14H,15H2,1-2H3;3-12H,13H2,1-2H3/q3*+1. The summed E-state index contributed by atoms with van der Waals surface area (Å²) in [7, 11) is 0. The third kappa shape index (κ3) is 6.47. The van der Waals surface area contributed by atoms with E-state index in [0.29, 0.717) is 20.2 Å². The predicted octanol–water partition coefficient (Wildman–Crippen LogP) is 18.3. The van der Waals surface area contributed by atoms with Crippen LogP contribution >= 0.6 is 0 Å². The molecule has 3 aromatic heterocycles. The summed E-state index contributed by atoms with van der Waals surface area (Å²) in [6, 6.07) is 77.5. The zero-order chi connectivity index (χ0) is 58.0. The SMILES string of the molecule is CC1(C)c2cc3cc4ccccc4cc3[n+]3c2-c2c(cc4c(ccc5ccccc54)c21)OC3.CC1(C)c2cc3ccccc3[n+]3c2-c2c(cc4c(ccc5ccccc54)c21)OC3.CC1(C)c2ccc[n+]3c2-c2c(cc4c(ccc5ccccc54)c21)OC3. The maximum absolute atomic E-state index is 6.50. The number of pyridine rings is 3. The van der Waals surface area contributed by atoms with E-state index in [1.54, 1.807) is 0 Å². The molecule has 0 unspecified atom stereocenters. The van der Waals surface area contributed by atoms with Gasteiger partial charge in [0.25, 0.3) is 20.2 Å². The number of nitrogens with zero attached hydrogens (tertiary/aromatic N) is 3. The summed E-state index contributed by atoms with van der Waals surface area (Å²) < 4.78 is 26.1. The number of fused-ring (bicyclic) bond motifs is 17. The molecule has 0 saturated heterocycles. The van der Waals surface area contributed by atoms with E-state index in [1.807, 2.05) is 0 Å². The van der Waals surface area contributed by atoms with E-state index < -0.39 is 0 Å². The highest BCUT2D eigenvalue weighted by molar-refractivity contribution is 6.15. The fraction of sp³-hybridized carbons (Fsp3) is 0.148. The van der Waals surface area contributed by atoms with Gasteiger partial charge in [-0.1, -0.05) is 187 Å². The molecule has 15 aromatic rings. The molecule has 87 heavy (non-hydrogen) atoms. The first-order chi connectivity index (χ1) is 42.4. The Morgan fingerprint density at radius 3 is 1.21 bits per heavy atom. The first-order valence-corrected chi connectivity index (χ1v) is 30.7. The number of benzene rings is 12. The van der Waals surface area contributed by atoms with Crippen LogP contribution in [0.3, 0.4) is 0 Å². The fourth-order valence-electron chi connectivity index (χ4n) is 16.8. The van der Waals surface area contributed by atoms with Gasteiger partial charge in [-0.05, 0) is 141 Å². The van der Waals surface area contributed by atoms with Gasteiger partial charge in [0.2, 0.25) is 28.1 Å². The van der Waals surface area contributed by atoms with Crippen molar-refractivity contribution in [2.75, 3.05) is 0 Å². The van der Waals surface area contributed by atoms with Crippen molar-refractivity contribution >= 4 is 97.2 Å². The molecule has 0 radical (unpaired) electrons. The number of aromatic nitrogens is 3. The van der Waals surface area contributed by atoms with Crippen molar-refractivity contribution in [2.24, 2.45) is 0 Å². The van der Waals surface area contributed by atoms with Crippen molar-refractivity contribution in [3.8, 4) is 51.0 Å². The number of para-hydroxylation sites is 1. The molecule has 6 nitrogen and oxygen atoms in total. The van der Waals surface area contributed by atoms with Crippen LogP contribution in [0.5, 0.6) is 17.2 Å². The van der Waals surface area contributed by atoms with E-state index in [-0.39, 0.29) is 16.2 Å². The number of rotatable bonds is 0. The Labute approximate surface area is 503 Å². The quantitative estimate of drug-likeness (QED) is 0.0863. The summed E-state index contributed by atoms with van der Waals surface area (Å²) in [5.74, 6) is 3.06. The van der Waals surface area contributed by atoms with Crippen LogP contribution in [0.25, 0.3) is 131 Å². The molecule has 6 aliphatic rings. The van der Waals surface area contributed by atoms with E-state index in [4.69, 9.17) is 14.2 Å². The molecular formula is C81H60N3O3+3. The minimum absolute atomic E-state index is 0.0297. The molecule has 3 aliphatic heterocycles. The largest absolute Gasteiger partial charge is 0.435 e. The minimum atomic E-state index is -0.114. The lowest BCUT2D eigenvalue weighted by atomic mass is 9.79. The Balaban J connectivity index is 0.0000000960. The summed E-state index contributed by atoms with van der Waals surface area (Å²) in [5, 5.41) is 20.7. The molecule has 6 heterocycles. The van der Waals surface area contributed by atoms with Gasteiger partial charge in [0.15, 0.2) is 6.20 Å². The summed E-state index contributed by atoms with van der Waals surface area (Å²) in [4.78, 5) is 0. The molecule has 0 spiro atoms. The summed E-state index contributed by atoms with van der Waals surface area (Å²) >= 11 is 0. The second-order valence-electron chi connectivity index (χ2n) is 26.4. The highest BCUT2D eigenvalue weighted by Gasteiger charge is 2.50. The van der Waals surface area contributed by atoms with E-state index in [1.165, 1.54) is 164 Å². The number of ether oxygens (including phenoxy) is 3. The van der Waals surface area contributed by atoms with Crippen LogP contribution in [-0.4, -0.2) is 0 Å². The van der Waals surface area contributed by atoms with Crippen molar-refractivity contribution in [3.63, 3.8) is 0 Å². The van der Waals surface area contributed by atoms with Gasteiger partial charge in [0.1, 0.15) is 17.2 Å². The topological polar surface area (TPSA) is 39.3 Å². The van der Waals surface area contributed by atoms with Crippen molar-refractivity contribution < 1.29 is 27.9 Å². The first-order valence-electron chi connectivity index (χ1n) is 30.7. The molecule has 0 bridgehead atoms. The molecular weight excluding hydrogens is 1060 g/mol. The Kier molecular flexibility index (Phi) is 9.63. The number of hydrogen-bond acceptors (Lipinski definition) is 3. The van der Waals surface area contributed by atoms with Gasteiger partial charge in [-0.2, -0.15) is 13.7 Å². The van der Waals surface area contributed by atoms with Gasteiger partial charge < -0.3 is 14.2 Å². The lowest BCUT2D eigenvalue weighted by molar-refractivity contribution is -0.717. The monoisotopic (exact) mass is 1120 g/mol. The van der Waals surface area contributed by atoms with E-state index in [9.17, 15) is 0 Å². The van der Waals surface area contributed by atoms with Crippen molar-refractivity contribution in [3.05, 3.63) is 252 Å². The van der Waals surface area contributed by atoms with Crippen LogP contribution < -0.4 is 27.9 Å². The van der Waals surface area contributed by atoms with Crippen LogP contribution in [0.15, 0.2) is 219 Å². The Hall–Kier alpha value is -10.2. The van der Waals surface area contributed by atoms with Gasteiger partial charge in [-0.3, -0.25) is 0 Å². The average molecular weight is 1120 g/mol. The van der Waals surface area contributed by atoms with Crippen molar-refractivity contribution in [2.45, 2.75) is 78.0 Å². The second kappa shape index (κ2) is 17.0. The normalized spacial score (nSPS) is 15.7. The zero-order valence-electron chi connectivity index (χ0n) is 49.5. The predicted molar refractivity (Wildman–Crippen MR) is 352 cm³/mol. The highest BCUT2D eigenvalue weighted by Crippen LogP contribution is 2.59. The van der Waals surface area contributed by atoms with Gasteiger partial charge in [0.05, 0.1) is 16.7 Å². The lowest BCUT2D eigenvalue weighted by Crippen LogP contribution is -2.42. The van der Waals surface area contributed by atoms with Gasteiger partial charge in [-0.25, -0.2) is 0 Å². The lowest BCUT2D eigenvalue weighted by Gasteiger charge is -2.22. The summed E-state index contributed by atoms with van der Waals surface area (Å²) in [5.41, 5.74) is 18.5. The Morgan fingerprint density at radius 2 is 0.690 bits per heavy atom. The molecule has 0 atom stereocenters. The molecule has 0 amide bonds. The van der Waals surface area contributed by atoms with Crippen LogP contribution in [0.2, 0.25) is 0 Å². The second-order valence-corrected chi connectivity index (χ2v) is 26.4. The molecule has 414 valence electrons. The van der Waals surface area contributed by atoms with Crippen LogP contribution in [0.1, 0.15) is 74.9 Å². The van der Waals surface area contributed by atoms with Gasteiger partial charge >= 0.3 is 0 Å². The van der Waals surface area contributed by atoms with Crippen molar-refractivity contribution in [1.29, 1.82) is 0 Å². The first kappa shape index (κ1) is 49.1. The fourth-order valence-corrected chi connectivity index (χ4v) is 16.8. The molecule has 0 N–H and O–H groups in total. The smallest absolute Gasteiger partial charge is 0.293 e. The van der Waals surface area contributed by atoms with Crippen LogP contribution in [-0.2, 0) is 36.4 Å². The maximum atomic E-state index is 6.50. The summed E-state index contributed by atoms with van der Waals surface area (Å²) in [6.07, 6.45) is 2.12. The molecule has 12 aromatic carbocycles. The Morgan fingerprint density at radius 1 is 0.287 bits per heavy atom. The molecule has 21 rings (SSSR count). The Bertz CT molecular complexity index is 5700. The van der Waals surface area contributed by atoms with Crippen molar-refractivity contribution in [1.82, 2.24) is 0 Å². The zero-order valence-corrected chi connectivity index (χ0v) is 49.5. The molecule has 6 heteroatoms. The molecule has 0 fully saturated rings. The maximum Gasteiger partial charge on any atom is 0.293 e. The third-order valence-corrected chi connectivity index (χ3v) is 20.8. The van der Waals surface area contributed by atoms with E-state index >= 15 is 0 Å². The number of hydrogen-bond donors (Lipinski definition) is 0. The molecule has 0 saturated carbocycles. The average Bonchev–Trinajstić information content (AvgIpc) is 1.77. The van der Waals surface area contributed by atoms with Gasteiger partial charge in [-0.15, -0.1) is 0 Å². The molecule has 3 aliphatic carbocycles. The van der Waals surface area contributed by atoms with Gasteiger partial charge in [0, 0.05) is 61.9 Å². The van der Waals surface area contributed by atoms with E-state index in [2.05, 4.69) is 274 Å². The highest BCUT2D eigenvalue weighted by atomic mass is 16.5. The summed E-state index contributed by atoms with van der Waals surface area (Å²) in [6.45, 7) is 15.8. The van der Waals surface area contributed by atoms with Crippen LogP contribution in [0.4, 0.5) is 0 Å².